The van der Waals surface area contributed by atoms with Crippen LogP contribution in [-0.4, -0.2) is 27.6 Å². The van der Waals surface area contributed by atoms with Gasteiger partial charge in [-0.1, -0.05) is 0 Å². The zero-order chi connectivity index (χ0) is 13.2. The number of hydrogen-bond acceptors (Lipinski definition) is 3. The van der Waals surface area contributed by atoms with Crippen LogP contribution in [0.3, 0.4) is 0 Å². The van der Waals surface area contributed by atoms with Crippen LogP contribution >= 0.6 is 15.9 Å². The summed E-state index contributed by atoms with van der Waals surface area (Å²) in [5.74, 6) is 0.0537. The van der Waals surface area contributed by atoms with Crippen molar-refractivity contribution >= 4 is 21.7 Å². The summed E-state index contributed by atoms with van der Waals surface area (Å²) < 4.78 is 2.50. The van der Waals surface area contributed by atoms with Crippen molar-refractivity contribution in [3.05, 3.63) is 16.4 Å². The van der Waals surface area contributed by atoms with Gasteiger partial charge in [0, 0.05) is 11.6 Å². The summed E-state index contributed by atoms with van der Waals surface area (Å²) in [6, 6.07) is 0.176. The standard InChI is InChI=1S/C12H20BrN3O/c1-8(2)16-11(9(13)6-15-16)10(17)7-14-12(3,4)5/h6,8,14H,7H2,1-5H3. The predicted octanol–water partition coefficient (Wildman–Crippen LogP) is 2.80. The van der Waals surface area contributed by atoms with Gasteiger partial charge in [-0.05, 0) is 50.5 Å². The summed E-state index contributed by atoms with van der Waals surface area (Å²) in [5, 5.41) is 7.39. The van der Waals surface area contributed by atoms with Gasteiger partial charge in [0.15, 0.2) is 5.78 Å². The average molecular weight is 302 g/mol. The van der Waals surface area contributed by atoms with Crippen molar-refractivity contribution in [1.29, 1.82) is 0 Å². The van der Waals surface area contributed by atoms with Crippen molar-refractivity contribution in [3.8, 4) is 0 Å². The van der Waals surface area contributed by atoms with Crippen LogP contribution in [0.2, 0.25) is 0 Å². The second kappa shape index (κ2) is 5.31. The maximum absolute atomic E-state index is 12.1. The van der Waals surface area contributed by atoms with Gasteiger partial charge in [-0.25, -0.2) is 0 Å². The minimum absolute atomic E-state index is 0.0537. The first-order valence-electron chi connectivity index (χ1n) is 5.73. The number of ketones is 1. The maximum atomic E-state index is 12.1. The molecule has 0 amide bonds. The number of nitrogens with one attached hydrogen (secondary N) is 1. The quantitative estimate of drug-likeness (QED) is 0.870. The molecule has 5 heteroatoms. The van der Waals surface area contributed by atoms with Gasteiger partial charge in [-0.3, -0.25) is 9.48 Å². The highest BCUT2D eigenvalue weighted by Gasteiger charge is 2.20. The number of hydrogen-bond donors (Lipinski definition) is 1. The molecule has 17 heavy (non-hydrogen) atoms. The number of carbonyl (C=O) groups excluding carboxylic acids is 1. The zero-order valence-electron chi connectivity index (χ0n) is 11.0. The molecule has 0 unspecified atom stereocenters. The Labute approximate surface area is 111 Å². The molecule has 0 aliphatic heterocycles. The Hall–Kier alpha value is -0.680. The molecular formula is C12H20BrN3O. The van der Waals surface area contributed by atoms with E-state index >= 15 is 0 Å². The van der Waals surface area contributed by atoms with E-state index in [1.54, 1.807) is 10.9 Å². The Morgan fingerprint density at radius 2 is 2.12 bits per heavy atom. The van der Waals surface area contributed by atoms with Crippen molar-refractivity contribution in [2.75, 3.05) is 6.54 Å². The molecule has 0 fully saturated rings. The highest BCUT2D eigenvalue weighted by molar-refractivity contribution is 9.10. The van der Waals surface area contributed by atoms with E-state index in [1.165, 1.54) is 0 Å². The summed E-state index contributed by atoms with van der Waals surface area (Å²) in [7, 11) is 0. The van der Waals surface area contributed by atoms with Crippen molar-refractivity contribution in [3.63, 3.8) is 0 Å². The van der Waals surface area contributed by atoms with Crippen molar-refractivity contribution < 1.29 is 4.79 Å². The lowest BCUT2D eigenvalue weighted by Crippen LogP contribution is -2.40. The van der Waals surface area contributed by atoms with Crippen LogP contribution < -0.4 is 5.32 Å². The van der Waals surface area contributed by atoms with Crippen LogP contribution in [-0.2, 0) is 0 Å². The van der Waals surface area contributed by atoms with Crippen molar-refractivity contribution in [1.82, 2.24) is 15.1 Å². The summed E-state index contributed by atoms with van der Waals surface area (Å²) in [6.07, 6.45) is 1.67. The molecule has 96 valence electrons. The van der Waals surface area contributed by atoms with E-state index in [4.69, 9.17) is 0 Å². The van der Waals surface area contributed by atoms with Crippen LogP contribution in [0.25, 0.3) is 0 Å². The summed E-state index contributed by atoms with van der Waals surface area (Å²) in [4.78, 5) is 12.1. The fraction of sp³-hybridized carbons (Fsp3) is 0.667. The Balaban J connectivity index is 2.85. The van der Waals surface area contributed by atoms with Crippen molar-refractivity contribution in [2.24, 2.45) is 0 Å². The molecule has 0 atom stereocenters. The number of aromatic nitrogens is 2. The van der Waals surface area contributed by atoms with Crippen LogP contribution in [0.5, 0.6) is 0 Å². The second-order valence-electron chi connectivity index (χ2n) is 5.41. The smallest absolute Gasteiger partial charge is 0.195 e. The largest absolute Gasteiger partial charge is 0.305 e. The normalized spacial score (nSPS) is 12.2. The first-order valence-corrected chi connectivity index (χ1v) is 6.53. The first-order chi connectivity index (χ1) is 7.72. The number of Topliss-reactive ketones (excluding diaryl/α,β-unsaturated/α-hetero) is 1. The predicted molar refractivity (Wildman–Crippen MR) is 72.4 cm³/mol. The summed E-state index contributed by atoms with van der Waals surface area (Å²) >= 11 is 3.37. The molecule has 0 saturated heterocycles. The lowest BCUT2D eigenvalue weighted by Gasteiger charge is -2.20. The second-order valence-corrected chi connectivity index (χ2v) is 6.26. The molecule has 0 saturated carbocycles. The fourth-order valence-electron chi connectivity index (χ4n) is 1.42. The molecule has 1 N–H and O–H groups in total. The van der Waals surface area contributed by atoms with Crippen LogP contribution in [0, 0.1) is 0 Å². The minimum Gasteiger partial charge on any atom is -0.305 e. The van der Waals surface area contributed by atoms with Gasteiger partial charge < -0.3 is 5.32 Å². The fourth-order valence-corrected chi connectivity index (χ4v) is 1.92. The van der Waals surface area contributed by atoms with Crippen molar-refractivity contribution in [2.45, 2.75) is 46.2 Å². The van der Waals surface area contributed by atoms with Crippen LogP contribution in [0.15, 0.2) is 10.7 Å². The molecule has 0 aliphatic carbocycles. The molecule has 1 aromatic rings. The van der Waals surface area contributed by atoms with E-state index < -0.39 is 0 Å². The van der Waals surface area contributed by atoms with Gasteiger partial charge in [0.25, 0.3) is 0 Å². The molecule has 1 rings (SSSR count). The topological polar surface area (TPSA) is 46.9 Å². The third-order valence-corrected chi connectivity index (χ3v) is 2.86. The van der Waals surface area contributed by atoms with Gasteiger partial charge >= 0.3 is 0 Å². The third kappa shape index (κ3) is 3.92. The van der Waals surface area contributed by atoms with Gasteiger partial charge in [0.2, 0.25) is 0 Å². The van der Waals surface area contributed by atoms with E-state index in [-0.39, 0.29) is 17.4 Å². The Bertz CT molecular complexity index is 404. The first kappa shape index (κ1) is 14.4. The van der Waals surface area contributed by atoms with E-state index in [0.717, 1.165) is 4.47 Å². The average Bonchev–Trinajstić information content (AvgIpc) is 2.55. The van der Waals surface area contributed by atoms with Crippen LogP contribution in [0.1, 0.15) is 51.1 Å². The summed E-state index contributed by atoms with van der Waals surface area (Å²) in [5.41, 5.74) is 0.571. The lowest BCUT2D eigenvalue weighted by atomic mass is 10.1. The number of halogens is 1. The number of carbonyl (C=O) groups is 1. The number of rotatable bonds is 4. The summed E-state index contributed by atoms with van der Waals surface area (Å²) in [6.45, 7) is 10.4. The SMILES string of the molecule is CC(C)n1ncc(Br)c1C(=O)CNC(C)(C)C. The van der Waals surface area contributed by atoms with Gasteiger partial charge in [-0.15, -0.1) is 0 Å². The van der Waals surface area contributed by atoms with Gasteiger partial charge in [0.1, 0.15) is 5.69 Å². The Morgan fingerprint density at radius 1 is 1.53 bits per heavy atom. The molecule has 0 spiro atoms. The van der Waals surface area contributed by atoms with E-state index in [1.807, 2.05) is 34.6 Å². The zero-order valence-corrected chi connectivity index (χ0v) is 12.6. The monoisotopic (exact) mass is 301 g/mol. The molecule has 1 heterocycles. The van der Waals surface area contributed by atoms with Gasteiger partial charge in [-0.2, -0.15) is 5.10 Å². The molecule has 0 bridgehead atoms. The number of nitrogens with zero attached hydrogens (tertiary/aromatic N) is 2. The molecule has 4 nitrogen and oxygen atoms in total. The third-order valence-electron chi connectivity index (χ3n) is 2.28. The Morgan fingerprint density at radius 3 is 2.59 bits per heavy atom. The lowest BCUT2D eigenvalue weighted by molar-refractivity contribution is 0.0969. The molecule has 0 radical (unpaired) electrons. The Kier molecular flexibility index (Phi) is 4.49. The highest BCUT2D eigenvalue weighted by atomic mass is 79.9. The van der Waals surface area contributed by atoms with Crippen LogP contribution in [0.4, 0.5) is 0 Å². The molecule has 0 aromatic carbocycles. The highest BCUT2D eigenvalue weighted by Crippen LogP contribution is 2.20. The molecule has 1 aromatic heterocycles. The van der Waals surface area contributed by atoms with Gasteiger partial charge in [0.05, 0.1) is 17.2 Å². The molecular weight excluding hydrogens is 282 g/mol. The van der Waals surface area contributed by atoms with E-state index in [9.17, 15) is 4.79 Å². The maximum Gasteiger partial charge on any atom is 0.195 e. The van der Waals surface area contributed by atoms with E-state index in [2.05, 4.69) is 26.3 Å². The molecule has 0 aliphatic rings. The van der Waals surface area contributed by atoms with E-state index in [0.29, 0.717) is 12.2 Å². The minimum atomic E-state index is -0.0647.